The van der Waals surface area contributed by atoms with Crippen LogP contribution in [0.2, 0.25) is 5.02 Å². The van der Waals surface area contributed by atoms with E-state index in [1.807, 2.05) is 0 Å². The van der Waals surface area contributed by atoms with Crippen molar-refractivity contribution in [2.75, 3.05) is 13.7 Å². The van der Waals surface area contributed by atoms with Crippen molar-refractivity contribution >= 4 is 11.6 Å². The first-order valence-electron chi connectivity index (χ1n) is 5.55. The van der Waals surface area contributed by atoms with E-state index >= 15 is 0 Å². The number of hydrogen-bond acceptors (Lipinski definition) is 2. The van der Waals surface area contributed by atoms with Crippen LogP contribution < -0.4 is 10.1 Å². The van der Waals surface area contributed by atoms with Gasteiger partial charge in [-0.2, -0.15) is 13.2 Å². The van der Waals surface area contributed by atoms with Gasteiger partial charge in [0.2, 0.25) is 0 Å². The third-order valence-electron chi connectivity index (χ3n) is 2.29. The number of benzene rings is 1. The minimum absolute atomic E-state index is 0.0244. The first-order chi connectivity index (χ1) is 8.44. The third kappa shape index (κ3) is 5.14. The highest BCUT2D eigenvalue weighted by molar-refractivity contribution is 6.31. The van der Waals surface area contributed by atoms with Gasteiger partial charge in [-0.3, -0.25) is 0 Å². The Kier molecular flexibility index (Phi) is 5.75. The summed E-state index contributed by atoms with van der Waals surface area (Å²) in [7, 11) is 1.76. The lowest BCUT2D eigenvalue weighted by Gasteiger charge is -2.13. The summed E-state index contributed by atoms with van der Waals surface area (Å²) >= 11 is 5.99. The van der Waals surface area contributed by atoms with Crippen LogP contribution in [0.1, 0.15) is 18.4 Å². The van der Waals surface area contributed by atoms with E-state index < -0.39 is 12.6 Å². The van der Waals surface area contributed by atoms with Crippen LogP contribution in [-0.4, -0.2) is 19.8 Å². The molecule has 0 atom stereocenters. The molecule has 0 saturated heterocycles. The fourth-order valence-electron chi connectivity index (χ4n) is 1.48. The fourth-order valence-corrected chi connectivity index (χ4v) is 1.71. The van der Waals surface area contributed by atoms with Gasteiger partial charge in [0.05, 0.1) is 6.61 Å². The van der Waals surface area contributed by atoms with Crippen LogP contribution >= 0.6 is 11.6 Å². The fraction of sp³-hybridized carbons (Fsp3) is 0.500. The van der Waals surface area contributed by atoms with Crippen molar-refractivity contribution < 1.29 is 17.9 Å². The van der Waals surface area contributed by atoms with E-state index in [1.165, 1.54) is 0 Å². The maximum atomic E-state index is 12.0. The molecule has 18 heavy (non-hydrogen) atoms. The van der Waals surface area contributed by atoms with Gasteiger partial charge in [0.1, 0.15) is 5.75 Å². The Morgan fingerprint density at radius 3 is 2.67 bits per heavy atom. The van der Waals surface area contributed by atoms with E-state index in [2.05, 4.69) is 5.32 Å². The number of alkyl halides is 3. The van der Waals surface area contributed by atoms with Crippen LogP contribution in [0.3, 0.4) is 0 Å². The van der Waals surface area contributed by atoms with Crippen molar-refractivity contribution in [1.82, 2.24) is 5.32 Å². The van der Waals surface area contributed by atoms with Gasteiger partial charge in [-0.1, -0.05) is 17.7 Å². The molecule has 1 rings (SSSR count). The molecular formula is C12H15ClF3NO. The molecule has 0 heterocycles. The molecule has 2 nitrogen and oxygen atoms in total. The van der Waals surface area contributed by atoms with Gasteiger partial charge >= 0.3 is 6.18 Å². The second-order valence-corrected chi connectivity index (χ2v) is 4.22. The lowest BCUT2D eigenvalue weighted by atomic mass is 10.2. The zero-order valence-electron chi connectivity index (χ0n) is 9.98. The van der Waals surface area contributed by atoms with E-state index in [-0.39, 0.29) is 13.0 Å². The molecule has 0 amide bonds. The van der Waals surface area contributed by atoms with Crippen molar-refractivity contribution in [3.8, 4) is 5.75 Å². The monoisotopic (exact) mass is 281 g/mol. The maximum absolute atomic E-state index is 12.0. The number of nitrogens with one attached hydrogen (secondary N) is 1. The topological polar surface area (TPSA) is 21.3 Å². The average molecular weight is 282 g/mol. The summed E-state index contributed by atoms with van der Waals surface area (Å²) in [6.07, 6.45) is -5.03. The molecule has 102 valence electrons. The lowest BCUT2D eigenvalue weighted by molar-refractivity contribution is -0.136. The van der Waals surface area contributed by atoms with E-state index in [1.54, 1.807) is 25.2 Å². The highest BCUT2D eigenvalue weighted by atomic mass is 35.5. The molecule has 6 heteroatoms. The number of rotatable bonds is 6. The Labute approximate surface area is 109 Å². The first-order valence-corrected chi connectivity index (χ1v) is 5.93. The zero-order valence-corrected chi connectivity index (χ0v) is 10.7. The molecule has 0 aliphatic heterocycles. The minimum Gasteiger partial charge on any atom is -0.493 e. The molecule has 0 saturated carbocycles. The van der Waals surface area contributed by atoms with Crippen LogP contribution in [0.4, 0.5) is 13.2 Å². The van der Waals surface area contributed by atoms with Crippen LogP contribution in [0.5, 0.6) is 5.75 Å². The van der Waals surface area contributed by atoms with Crippen LogP contribution in [0.25, 0.3) is 0 Å². The molecule has 0 aliphatic carbocycles. The normalized spacial score (nSPS) is 11.6. The van der Waals surface area contributed by atoms with Crippen molar-refractivity contribution in [3.63, 3.8) is 0 Å². The zero-order chi connectivity index (χ0) is 13.6. The van der Waals surface area contributed by atoms with Gasteiger partial charge in [0.15, 0.2) is 0 Å². The molecule has 1 aromatic carbocycles. The van der Waals surface area contributed by atoms with Crippen molar-refractivity contribution in [2.45, 2.75) is 25.6 Å². The standard InChI is InChI=1S/C12H15ClF3NO/c1-17-8-9-10(13)4-2-5-11(9)18-7-3-6-12(14,15)16/h2,4-5,17H,3,6-8H2,1H3. The Morgan fingerprint density at radius 2 is 2.06 bits per heavy atom. The van der Waals surface area contributed by atoms with Crippen LogP contribution in [-0.2, 0) is 6.54 Å². The highest BCUT2D eigenvalue weighted by Crippen LogP contribution is 2.27. The summed E-state index contributed by atoms with van der Waals surface area (Å²) in [6.45, 7) is 0.533. The molecule has 0 fully saturated rings. The maximum Gasteiger partial charge on any atom is 0.389 e. The van der Waals surface area contributed by atoms with Crippen LogP contribution in [0.15, 0.2) is 18.2 Å². The summed E-state index contributed by atoms with van der Waals surface area (Å²) in [5.41, 5.74) is 0.758. The largest absolute Gasteiger partial charge is 0.493 e. The highest BCUT2D eigenvalue weighted by Gasteiger charge is 2.26. The average Bonchev–Trinajstić information content (AvgIpc) is 2.27. The van der Waals surface area contributed by atoms with Gasteiger partial charge in [-0.15, -0.1) is 0 Å². The summed E-state index contributed by atoms with van der Waals surface area (Å²) in [5, 5.41) is 3.47. The second-order valence-electron chi connectivity index (χ2n) is 3.81. The van der Waals surface area contributed by atoms with Crippen LogP contribution in [0, 0.1) is 0 Å². The quantitative estimate of drug-likeness (QED) is 0.801. The van der Waals surface area contributed by atoms with Crippen molar-refractivity contribution in [2.24, 2.45) is 0 Å². The molecular weight excluding hydrogens is 267 g/mol. The first kappa shape index (κ1) is 15.1. The summed E-state index contributed by atoms with van der Waals surface area (Å²) in [4.78, 5) is 0. The van der Waals surface area contributed by atoms with Gasteiger partial charge in [-0.25, -0.2) is 0 Å². The molecule has 1 N–H and O–H groups in total. The minimum atomic E-state index is -4.13. The Hall–Kier alpha value is -0.940. The summed E-state index contributed by atoms with van der Waals surface area (Å²) in [6, 6.07) is 5.13. The predicted octanol–water partition coefficient (Wildman–Crippen LogP) is 3.78. The van der Waals surface area contributed by atoms with Gasteiger partial charge in [-0.05, 0) is 25.6 Å². The van der Waals surface area contributed by atoms with Gasteiger partial charge in [0, 0.05) is 23.6 Å². The van der Waals surface area contributed by atoms with E-state index in [0.29, 0.717) is 17.3 Å². The van der Waals surface area contributed by atoms with Crippen molar-refractivity contribution in [1.29, 1.82) is 0 Å². The Morgan fingerprint density at radius 1 is 1.33 bits per heavy atom. The number of hydrogen-bond donors (Lipinski definition) is 1. The number of halogens is 4. The molecule has 0 aromatic heterocycles. The number of ether oxygens (including phenoxy) is 1. The molecule has 0 unspecified atom stereocenters. The molecule has 0 spiro atoms. The Balaban J connectivity index is 2.54. The summed E-state index contributed by atoms with van der Waals surface area (Å²) < 4.78 is 41.2. The van der Waals surface area contributed by atoms with E-state index in [9.17, 15) is 13.2 Å². The van der Waals surface area contributed by atoms with Gasteiger partial charge < -0.3 is 10.1 Å². The molecule has 0 bridgehead atoms. The van der Waals surface area contributed by atoms with E-state index in [0.717, 1.165) is 5.56 Å². The smallest absolute Gasteiger partial charge is 0.389 e. The Bertz CT molecular complexity index is 382. The summed E-state index contributed by atoms with van der Waals surface area (Å²) in [5.74, 6) is 0.527. The predicted molar refractivity (Wildman–Crippen MR) is 65.0 cm³/mol. The molecule has 1 aromatic rings. The van der Waals surface area contributed by atoms with E-state index in [4.69, 9.17) is 16.3 Å². The third-order valence-corrected chi connectivity index (χ3v) is 2.65. The van der Waals surface area contributed by atoms with Crippen molar-refractivity contribution in [3.05, 3.63) is 28.8 Å². The lowest BCUT2D eigenvalue weighted by Crippen LogP contribution is -2.11. The SMILES string of the molecule is CNCc1c(Cl)cccc1OCCCC(F)(F)F. The molecule has 0 aliphatic rings. The second kappa shape index (κ2) is 6.85. The molecule has 0 radical (unpaired) electrons. The van der Waals surface area contributed by atoms with Gasteiger partial charge in [0.25, 0.3) is 0 Å².